The molecule has 0 bridgehead atoms. The van der Waals surface area contributed by atoms with Crippen molar-refractivity contribution in [3.63, 3.8) is 0 Å². The van der Waals surface area contributed by atoms with Crippen LogP contribution in [0, 0.1) is 4.77 Å². The number of nitrogens with zero attached hydrogens (tertiary/aromatic N) is 3. The van der Waals surface area contributed by atoms with Crippen LogP contribution in [-0.4, -0.2) is 59.8 Å². The first kappa shape index (κ1) is 12.6. The summed E-state index contributed by atoms with van der Waals surface area (Å²) in [7, 11) is 0. The van der Waals surface area contributed by atoms with Gasteiger partial charge in [-0.2, -0.15) is 0 Å². The lowest BCUT2D eigenvalue weighted by Crippen LogP contribution is -2.32. The van der Waals surface area contributed by atoms with Crippen molar-refractivity contribution in [1.82, 2.24) is 19.6 Å². The van der Waals surface area contributed by atoms with Gasteiger partial charge >= 0.3 is 0 Å². The molecule has 2 aromatic rings. The van der Waals surface area contributed by atoms with Crippen molar-refractivity contribution in [1.29, 1.82) is 0 Å². The zero-order valence-electron chi connectivity index (χ0n) is 9.67. The number of fused-ring (bicyclic) bond motifs is 1. The number of aliphatic hydroxyl groups excluding tert-OH is 3. The topological polar surface area (TPSA) is 116 Å². The third-order valence-corrected chi connectivity index (χ3v) is 3.50. The largest absolute Gasteiger partial charge is 0.394 e. The summed E-state index contributed by atoms with van der Waals surface area (Å²) in [5, 5.41) is 31.7. The first-order chi connectivity index (χ1) is 9.13. The summed E-state index contributed by atoms with van der Waals surface area (Å²) >= 11 is 5.03. The number of ether oxygens (including phenoxy) is 1. The summed E-state index contributed by atoms with van der Waals surface area (Å²) in [6, 6.07) is 0. The van der Waals surface area contributed by atoms with Crippen LogP contribution in [0.1, 0.15) is 11.7 Å². The van der Waals surface area contributed by atoms with Crippen molar-refractivity contribution in [3.8, 4) is 0 Å². The average Bonchev–Trinajstić information content (AvgIpc) is 2.94. The van der Waals surface area contributed by atoms with E-state index in [0.29, 0.717) is 16.0 Å². The van der Waals surface area contributed by atoms with Gasteiger partial charge in [0.2, 0.25) is 4.77 Å². The fraction of sp³-hybridized carbons (Fsp3) is 0.500. The number of aliphatic hydroxyl groups is 3. The predicted octanol–water partition coefficient (Wildman–Crippen LogP) is -1.06. The molecule has 3 heterocycles. The van der Waals surface area contributed by atoms with E-state index in [1.54, 1.807) is 6.20 Å². The van der Waals surface area contributed by atoms with Crippen LogP contribution in [-0.2, 0) is 4.74 Å². The van der Waals surface area contributed by atoms with Crippen molar-refractivity contribution < 1.29 is 20.1 Å². The highest BCUT2D eigenvalue weighted by Gasteiger charge is 2.44. The molecule has 0 aliphatic carbocycles. The van der Waals surface area contributed by atoms with E-state index in [1.807, 2.05) is 0 Å². The van der Waals surface area contributed by atoms with Crippen LogP contribution in [0.25, 0.3) is 5.65 Å². The van der Waals surface area contributed by atoms with Gasteiger partial charge in [0.25, 0.3) is 0 Å². The quantitative estimate of drug-likeness (QED) is 0.519. The zero-order chi connectivity index (χ0) is 13.6. The number of aromatic amines is 1. The molecule has 0 spiro atoms. The zero-order valence-corrected chi connectivity index (χ0v) is 10.5. The van der Waals surface area contributed by atoms with Gasteiger partial charge in [0.1, 0.15) is 30.7 Å². The summed E-state index contributed by atoms with van der Waals surface area (Å²) in [5.74, 6) is 0. The Morgan fingerprint density at radius 2 is 2.16 bits per heavy atom. The molecule has 0 aromatic carbocycles. The fourth-order valence-corrected chi connectivity index (χ4v) is 2.41. The Labute approximate surface area is 112 Å². The second-order valence-electron chi connectivity index (χ2n) is 4.30. The molecule has 0 amide bonds. The maximum Gasteiger partial charge on any atom is 0.222 e. The lowest BCUT2D eigenvalue weighted by Gasteiger charge is -2.12. The molecule has 1 aliphatic heterocycles. The third-order valence-electron chi connectivity index (χ3n) is 3.21. The molecular formula is C10H12N4O4S. The van der Waals surface area contributed by atoms with Crippen LogP contribution in [0.4, 0.5) is 0 Å². The second kappa shape index (κ2) is 4.62. The van der Waals surface area contributed by atoms with Gasteiger partial charge in [0, 0.05) is 11.8 Å². The Kier molecular flexibility index (Phi) is 3.07. The Hall–Kier alpha value is -1.39. The standard InChI is InChI=1S/C10H12N4O4S/c15-2-5-6(16)7(17)8(18-5)4-1-13-14-9(4)11-3-12-10(14)19/h1,3,5-8,13,15-17H,2H2. The van der Waals surface area contributed by atoms with Gasteiger partial charge in [0.15, 0.2) is 5.65 Å². The van der Waals surface area contributed by atoms with Gasteiger partial charge in [-0.15, -0.1) is 0 Å². The molecule has 8 nitrogen and oxygen atoms in total. The van der Waals surface area contributed by atoms with Gasteiger partial charge < -0.3 is 20.1 Å². The van der Waals surface area contributed by atoms with E-state index >= 15 is 0 Å². The Morgan fingerprint density at radius 3 is 2.84 bits per heavy atom. The SMILES string of the molecule is OCC1OC(c2c[nH]n3c(=S)ncnc23)C(O)C1O. The molecule has 4 unspecified atom stereocenters. The number of hydrogen-bond acceptors (Lipinski definition) is 7. The van der Waals surface area contributed by atoms with E-state index in [0.717, 1.165) is 0 Å². The van der Waals surface area contributed by atoms with Crippen LogP contribution in [0.5, 0.6) is 0 Å². The summed E-state index contributed by atoms with van der Waals surface area (Å²) in [5.41, 5.74) is 1.02. The highest BCUT2D eigenvalue weighted by Crippen LogP contribution is 2.34. The average molecular weight is 284 g/mol. The molecule has 0 radical (unpaired) electrons. The van der Waals surface area contributed by atoms with Crippen molar-refractivity contribution in [3.05, 3.63) is 22.9 Å². The summed E-state index contributed by atoms with van der Waals surface area (Å²) in [4.78, 5) is 7.93. The minimum Gasteiger partial charge on any atom is -0.394 e. The van der Waals surface area contributed by atoms with Gasteiger partial charge in [-0.25, -0.2) is 14.5 Å². The van der Waals surface area contributed by atoms with E-state index < -0.39 is 24.4 Å². The maximum atomic E-state index is 9.98. The predicted molar refractivity (Wildman–Crippen MR) is 64.9 cm³/mol. The van der Waals surface area contributed by atoms with Crippen LogP contribution >= 0.6 is 12.2 Å². The van der Waals surface area contributed by atoms with E-state index in [2.05, 4.69) is 15.1 Å². The highest BCUT2D eigenvalue weighted by atomic mass is 32.1. The minimum absolute atomic E-state index is 0.294. The normalized spacial score (nSPS) is 31.1. The van der Waals surface area contributed by atoms with Crippen molar-refractivity contribution in [2.24, 2.45) is 0 Å². The maximum absolute atomic E-state index is 9.98. The monoisotopic (exact) mass is 284 g/mol. The third kappa shape index (κ3) is 1.86. The number of rotatable bonds is 2. The molecule has 1 fully saturated rings. The molecule has 4 atom stereocenters. The molecule has 4 N–H and O–H groups in total. The van der Waals surface area contributed by atoms with Crippen molar-refractivity contribution >= 4 is 17.9 Å². The summed E-state index contributed by atoms with van der Waals surface area (Å²) < 4.78 is 7.22. The number of hydrogen-bond donors (Lipinski definition) is 4. The summed E-state index contributed by atoms with van der Waals surface area (Å²) in [6.45, 7) is -0.370. The van der Waals surface area contributed by atoms with E-state index in [-0.39, 0.29) is 6.61 Å². The van der Waals surface area contributed by atoms with Gasteiger partial charge in [0.05, 0.1) is 6.61 Å². The Bertz CT molecular complexity index is 656. The molecule has 9 heteroatoms. The smallest absolute Gasteiger partial charge is 0.222 e. The number of H-pyrrole nitrogens is 1. The van der Waals surface area contributed by atoms with Crippen LogP contribution < -0.4 is 0 Å². The number of aromatic nitrogens is 4. The van der Waals surface area contributed by atoms with E-state index in [1.165, 1.54) is 10.8 Å². The van der Waals surface area contributed by atoms with Crippen molar-refractivity contribution in [2.45, 2.75) is 24.4 Å². The Morgan fingerprint density at radius 1 is 1.37 bits per heavy atom. The first-order valence-electron chi connectivity index (χ1n) is 5.67. The van der Waals surface area contributed by atoms with Crippen LogP contribution in [0.2, 0.25) is 0 Å². The van der Waals surface area contributed by atoms with Gasteiger partial charge in [-0.3, -0.25) is 5.10 Å². The fourth-order valence-electron chi connectivity index (χ4n) is 2.22. The molecule has 1 aliphatic rings. The first-order valence-corrected chi connectivity index (χ1v) is 6.08. The molecule has 2 aromatic heterocycles. The van der Waals surface area contributed by atoms with E-state index in [4.69, 9.17) is 22.1 Å². The molecule has 102 valence electrons. The molecule has 1 saturated heterocycles. The van der Waals surface area contributed by atoms with Crippen molar-refractivity contribution in [2.75, 3.05) is 6.61 Å². The van der Waals surface area contributed by atoms with Gasteiger partial charge in [-0.05, 0) is 12.2 Å². The van der Waals surface area contributed by atoms with Crippen LogP contribution in [0.3, 0.4) is 0 Å². The van der Waals surface area contributed by atoms with Crippen LogP contribution in [0.15, 0.2) is 12.5 Å². The summed E-state index contributed by atoms with van der Waals surface area (Å²) in [6.07, 6.45) is -0.983. The lowest BCUT2D eigenvalue weighted by atomic mass is 10.0. The minimum atomic E-state index is -1.14. The Balaban J connectivity index is 2.06. The second-order valence-corrected chi connectivity index (χ2v) is 4.67. The highest BCUT2D eigenvalue weighted by molar-refractivity contribution is 7.71. The molecule has 19 heavy (non-hydrogen) atoms. The van der Waals surface area contributed by atoms with E-state index in [9.17, 15) is 10.2 Å². The van der Waals surface area contributed by atoms with Gasteiger partial charge in [-0.1, -0.05) is 0 Å². The molecule has 3 rings (SSSR count). The molecule has 0 saturated carbocycles. The number of nitrogens with one attached hydrogen (secondary N) is 1. The molecular weight excluding hydrogens is 272 g/mol. The lowest BCUT2D eigenvalue weighted by molar-refractivity contribution is -0.0224.